The number of fused-ring (bicyclic) bond motifs is 1. The number of hydrogen-bond acceptors (Lipinski definition) is 3. The predicted molar refractivity (Wildman–Crippen MR) is 71.5 cm³/mol. The molecule has 2 unspecified atom stereocenters. The first-order chi connectivity index (χ1) is 8.50. The van der Waals surface area contributed by atoms with Crippen LogP contribution in [0.3, 0.4) is 0 Å². The van der Waals surface area contributed by atoms with Gasteiger partial charge in [0.05, 0.1) is 6.21 Å². The molecule has 1 saturated carbocycles. The molecule has 4 heteroatoms. The van der Waals surface area contributed by atoms with E-state index >= 15 is 0 Å². The first-order valence-corrected chi connectivity index (χ1v) is 6.63. The molecule has 96 valence electrons. The first kappa shape index (κ1) is 11.6. The van der Waals surface area contributed by atoms with E-state index in [4.69, 9.17) is 0 Å². The quantitative estimate of drug-likeness (QED) is 0.751. The van der Waals surface area contributed by atoms with E-state index in [0.29, 0.717) is 11.3 Å². The number of nitrogens with zero attached hydrogens (tertiary/aromatic N) is 4. The Hall–Kier alpha value is -1.45. The molecule has 2 atom stereocenters. The topological polar surface area (TPSA) is 43.1 Å². The summed E-state index contributed by atoms with van der Waals surface area (Å²) < 4.78 is 1.80. The molecule has 3 aliphatic carbocycles. The van der Waals surface area contributed by atoms with E-state index < -0.39 is 0 Å². The van der Waals surface area contributed by atoms with Crippen LogP contribution < -0.4 is 0 Å². The van der Waals surface area contributed by atoms with Crippen LogP contribution in [-0.4, -0.2) is 21.1 Å². The van der Waals surface area contributed by atoms with Crippen molar-refractivity contribution >= 4 is 6.21 Å². The van der Waals surface area contributed by atoms with Crippen molar-refractivity contribution in [1.82, 2.24) is 14.9 Å². The standard InChI is InChI=1S/C14H20N4/c1-9-16-17-10(2)18(9)15-8-11-5-6-12-7-13(11)14(12,3)4/h5,8,12-13H,6-7H2,1-4H3. The molecule has 4 nitrogen and oxygen atoms in total. The van der Waals surface area contributed by atoms with E-state index in [1.54, 1.807) is 4.68 Å². The van der Waals surface area contributed by atoms with Crippen molar-refractivity contribution in [3.63, 3.8) is 0 Å². The van der Waals surface area contributed by atoms with Crippen molar-refractivity contribution in [2.45, 2.75) is 40.5 Å². The van der Waals surface area contributed by atoms with E-state index in [9.17, 15) is 0 Å². The molecule has 3 aliphatic rings. The van der Waals surface area contributed by atoms with Gasteiger partial charge in [-0.3, -0.25) is 0 Å². The molecule has 0 radical (unpaired) electrons. The highest BCUT2D eigenvalue weighted by Gasteiger charge is 2.50. The van der Waals surface area contributed by atoms with E-state index in [0.717, 1.165) is 17.6 Å². The van der Waals surface area contributed by atoms with Gasteiger partial charge in [0.15, 0.2) is 11.6 Å². The summed E-state index contributed by atoms with van der Waals surface area (Å²) in [5, 5.41) is 12.6. The number of aryl methyl sites for hydroxylation is 2. The second kappa shape index (κ2) is 3.77. The predicted octanol–water partition coefficient (Wildman–Crippen LogP) is 2.72. The summed E-state index contributed by atoms with van der Waals surface area (Å²) >= 11 is 0. The molecule has 4 rings (SSSR count). The van der Waals surface area contributed by atoms with Crippen LogP contribution in [0, 0.1) is 31.1 Å². The highest BCUT2D eigenvalue weighted by Crippen LogP contribution is 2.58. The SMILES string of the molecule is Cc1nnc(C)n1N=CC1=CCC2CC1C2(C)C. The third-order valence-corrected chi connectivity index (χ3v) is 4.79. The van der Waals surface area contributed by atoms with Crippen molar-refractivity contribution in [3.8, 4) is 0 Å². The summed E-state index contributed by atoms with van der Waals surface area (Å²) in [7, 11) is 0. The summed E-state index contributed by atoms with van der Waals surface area (Å²) in [5.41, 5.74) is 1.84. The monoisotopic (exact) mass is 244 g/mol. The van der Waals surface area contributed by atoms with Gasteiger partial charge in [0, 0.05) is 0 Å². The second-order valence-electron chi connectivity index (χ2n) is 6.10. The molecule has 1 aromatic rings. The zero-order valence-electron chi connectivity index (χ0n) is 11.5. The average Bonchev–Trinajstić information content (AvgIpc) is 2.66. The lowest BCUT2D eigenvalue weighted by Crippen LogP contribution is -2.48. The van der Waals surface area contributed by atoms with Gasteiger partial charge in [-0.1, -0.05) is 19.9 Å². The minimum absolute atomic E-state index is 0.452. The molecule has 1 fully saturated rings. The summed E-state index contributed by atoms with van der Waals surface area (Å²) in [4.78, 5) is 0. The third-order valence-electron chi connectivity index (χ3n) is 4.79. The van der Waals surface area contributed by atoms with Crippen LogP contribution in [0.4, 0.5) is 0 Å². The molecule has 0 saturated heterocycles. The lowest BCUT2D eigenvalue weighted by Gasteiger charge is -2.55. The molecule has 2 bridgehead atoms. The normalized spacial score (nSPS) is 29.2. The van der Waals surface area contributed by atoms with Crippen LogP contribution in [0.1, 0.15) is 38.3 Å². The van der Waals surface area contributed by atoms with Crippen LogP contribution in [-0.2, 0) is 0 Å². The Labute approximate surface area is 108 Å². The second-order valence-corrected chi connectivity index (χ2v) is 6.10. The molecule has 0 aromatic carbocycles. The fourth-order valence-electron chi connectivity index (χ4n) is 3.30. The number of allylic oxidation sites excluding steroid dienone is 2. The number of rotatable bonds is 2. The van der Waals surface area contributed by atoms with E-state index in [-0.39, 0.29) is 0 Å². The van der Waals surface area contributed by atoms with Gasteiger partial charge in [0.2, 0.25) is 0 Å². The van der Waals surface area contributed by atoms with E-state index in [1.807, 2.05) is 20.1 Å². The van der Waals surface area contributed by atoms with Crippen molar-refractivity contribution in [2.75, 3.05) is 0 Å². The molecule has 0 amide bonds. The van der Waals surface area contributed by atoms with Crippen molar-refractivity contribution < 1.29 is 0 Å². The largest absolute Gasteiger partial charge is 0.202 e. The Morgan fingerprint density at radius 2 is 2.00 bits per heavy atom. The number of hydrogen-bond donors (Lipinski definition) is 0. The van der Waals surface area contributed by atoms with Crippen LogP contribution in [0.15, 0.2) is 16.8 Å². The van der Waals surface area contributed by atoms with Crippen molar-refractivity contribution in [1.29, 1.82) is 0 Å². The fourth-order valence-corrected chi connectivity index (χ4v) is 3.30. The van der Waals surface area contributed by atoms with Gasteiger partial charge in [-0.15, -0.1) is 10.2 Å². The molecular weight excluding hydrogens is 224 g/mol. The van der Waals surface area contributed by atoms with Gasteiger partial charge >= 0.3 is 0 Å². The Balaban J connectivity index is 1.84. The van der Waals surface area contributed by atoms with Gasteiger partial charge in [0.25, 0.3) is 0 Å². The lowest BCUT2D eigenvalue weighted by atomic mass is 9.49. The Morgan fingerprint density at radius 1 is 1.33 bits per heavy atom. The van der Waals surface area contributed by atoms with E-state index in [1.165, 1.54) is 18.4 Å². The van der Waals surface area contributed by atoms with E-state index in [2.05, 4.69) is 35.2 Å². The highest BCUT2D eigenvalue weighted by molar-refractivity contribution is 5.80. The maximum Gasteiger partial charge on any atom is 0.151 e. The zero-order valence-corrected chi connectivity index (χ0v) is 11.5. The maximum atomic E-state index is 4.53. The smallest absolute Gasteiger partial charge is 0.151 e. The fraction of sp³-hybridized carbons (Fsp3) is 0.643. The van der Waals surface area contributed by atoms with Crippen LogP contribution >= 0.6 is 0 Å². The molecular formula is C14H20N4. The third kappa shape index (κ3) is 1.55. The van der Waals surface area contributed by atoms with Crippen molar-refractivity contribution in [3.05, 3.63) is 23.3 Å². The highest BCUT2D eigenvalue weighted by atomic mass is 15.4. The summed E-state index contributed by atoms with van der Waals surface area (Å²) in [6.45, 7) is 8.61. The minimum Gasteiger partial charge on any atom is -0.202 e. The Bertz CT molecular complexity index is 516. The van der Waals surface area contributed by atoms with Gasteiger partial charge in [0.1, 0.15) is 0 Å². The maximum absolute atomic E-state index is 4.53. The number of aromatic nitrogens is 3. The molecule has 18 heavy (non-hydrogen) atoms. The molecule has 0 spiro atoms. The van der Waals surface area contributed by atoms with Gasteiger partial charge in [-0.25, -0.2) is 4.68 Å². The lowest BCUT2D eigenvalue weighted by molar-refractivity contribution is -0.00127. The van der Waals surface area contributed by atoms with Gasteiger partial charge < -0.3 is 0 Å². The molecule has 1 aromatic heterocycles. The Kier molecular flexibility index (Phi) is 2.44. The van der Waals surface area contributed by atoms with Crippen LogP contribution in [0.25, 0.3) is 0 Å². The van der Waals surface area contributed by atoms with Crippen LogP contribution in [0.2, 0.25) is 0 Å². The first-order valence-electron chi connectivity index (χ1n) is 6.63. The summed E-state index contributed by atoms with van der Waals surface area (Å²) in [5.74, 6) is 3.23. The molecule has 0 N–H and O–H groups in total. The summed E-state index contributed by atoms with van der Waals surface area (Å²) in [6.07, 6.45) is 6.88. The van der Waals surface area contributed by atoms with Gasteiger partial charge in [-0.2, -0.15) is 5.10 Å². The molecule has 1 heterocycles. The summed E-state index contributed by atoms with van der Waals surface area (Å²) in [6, 6.07) is 0. The minimum atomic E-state index is 0.452. The molecule has 0 aliphatic heterocycles. The van der Waals surface area contributed by atoms with Crippen molar-refractivity contribution in [2.24, 2.45) is 22.4 Å². The average molecular weight is 244 g/mol. The van der Waals surface area contributed by atoms with Crippen LogP contribution in [0.5, 0.6) is 0 Å². The van der Waals surface area contributed by atoms with Gasteiger partial charge in [-0.05, 0) is 49.5 Å². The Morgan fingerprint density at radius 3 is 2.56 bits per heavy atom. The zero-order chi connectivity index (χ0) is 12.9.